The van der Waals surface area contributed by atoms with Crippen LogP contribution in [0.1, 0.15) is 35.7 Å². The average molecular weight is 202 g/mol. The summed E-state index contributed by atoms with van der Waals surface area (Å²) < 4.78 is 5.05. The summed E-state index contributed by atoms with van der Waals surface area (Å²) >= 11 is 0. The summed E-state index contributed by atoms with van der Waals surface area (Å²) in [5.41, 5.74) is 1.31. The van der Waals surface area contributed by atoms with Crippen molar-refractivity contribution < 1.29 is 9.53 Å². The van der Waals surface area contributed by atoms with Crippen LogP contribution in [0.2, 0.25) is 0 Å². The van der Waals surface area contributed by atoms with Crippen LogP contribution in [0.15, 0.2) is 24.3 Å². The summed E-state index contributed by atoms with van der Waals surface area (Å²) in [6.45, 7) is 2.53. The highest BCUT2D eigenvalue weighted by molar-refractivity contribution is 5.89. The molecule has 0 aromatic heterocycles. The van der Waals surface area contributed by atoms with E-state index in [1.165, 1.54) is 0 Å². The first-order chi connectivity index (χ1) is 7.27. The van der Waals surface area contributed by atoms with Gasteiger partial charge >= 0.3 is 5.97 Å². The maximum atomic E-state index is 11.4. The van der Waals surface area contributed by atoms with Crippen molar-refractivity contribution in [3.8, 4) is 12.3 Å². The lowest BCUT2D eigenvalue weighted by atomic mass is 10.1. The van der Waals surface area contributed by atoms with Crippen LogP contribution in [-0.2, 0) is 4.74 Å². The number of esters is 1. The molecule has 0 amide bonds. The Balaban J connectivity index is 2.55. The molecule has 1 aromatic carbocycles. The fourth-order valence-corrected chi connectivity index (χ4v) is 1.10. The highest BCUT2D eigenvalue weighted by Crippen LogP contribution is 2.05. The first kappa shape index (κ1) is 11.3. The number of hydrogen-bond donors (Lipinski definition) is 0. The van der Waals surface area contributed by atoms with Gasteiger partial charge in [-0.2, -0.15) is 0 Å². The normalized spacial score (nSPS) is 9.33. The molecule has 0 aliphatic rings. The van der Waals surface area contributed by atoms with E-state index in [1.54, 1.807) is 24.3 Å². The fraction of sp³-hybridized carbons (Fsp3) is 0.308. The second-order valence-corrected chi connectivity index (χ2v) is 3.21. The third-order valence-corrected chi connectivity index (χ3v) is 2.02. The molecule has 15 heavy (non-hydrogen) atoms. The Hall–Kier alpha value is -1.75. The van der Waals surface area contributed by atoms with E-state index in [9.17, 15) is 4.79 Å². The highest BCUT2D eigenvalue weighted by atomic mass is 16.5. The van der Waals surface area contributed by atoms with Gasteiger partial charge in [0, 0.05) is 5.56 Å². The van der Waals surface area contributed by atoms with E-state index >= 15 is 0 Å². The third-order valence-electron chi connectivity index (χ3n) is 2.02. The first-order valence-electron chi connectivity index (χ1n) is 5.01. The zero-order valence-corrected chi connectivity index (χ0v) is 8.82. The minimum absolute atomic E-state index is 0.285. The minimum atomic E-state index is -0.285. The number of carbonyl (C=O) groups is 1. The summed E-state index contributed by atoms with van der Waals surface area (Å²) in [6, 6.07) is 6.83. The lowest BCUT2D eigenvalue weighted by Gasteiger charge is -2.03. The Morgan fingerprint density at radius 3 is 2.60 bits per heavy atom. The Kier molecular flexibility index (Phi) is 4.43. The molecule has 0 aliphatic carbocycles. The van der Waals surface area contributed by atoms with Crippen molar-refractivity contribution in [2.24, 2.45) is 0 Å². The van der Waals surface area contributed by atoms with Crippen molar-refractivity contribution in [1.29, 1.82) is 0 Å². The van der Waals surface area contributed by atoms with Gasteiger partial charge in [-0.25, -0.2) is 4.79 Å². The van der Waals surface area contributed by atoms with Gasteiger partial charge in [0.15, 0.2) is 0 Å². The molecule has 0 N–H and O–H groups in total. The molecule has 0 spiro atoms. The molecule has 1 rings (SSSR count). The molecular formula is C13H14O2. The van der Waals surface area contributed by atoms with Crippen LogP contribution in [0.3, 0.4) is 0 Å². The van der Waals surface area contributed by atoms with Crippen molar-refractivity contribution >= 4 is 5.97 Å². The smallest absolute Gasteiger partial charge is 0.338 e. The maximum Gasteiger partial charge on any atom is 0.338 e. The molecule has 0 atom stereocenters. The predicted molar refractivity (Wildman–Crippen MR) is 59.6 cm³/mol. The number of hydrogen-bond acceptors (Lipinski definition) is 2. The van der Waals surface area contributed by atoms with Crippen molar-refractivity contribution in [1.82, 2.24) is 0 Å². The fourth-order valence-electron chi connectivity index (χ4n) is 1.10. The summed E-state index contributed by atoms with van der Waals surface area (Å²) in [6.07, 6.45) is 7.12. The van der Waals surface area contributed by atoms with Gasteiger partial charge in [-0.3, -0.25) is 0 Å². The lowest BCUT2D eigenvalue weighted by molar-refractivity contribution is 0.0500. The molecule has 0 unspecified atom stereocenters. The van der Waals surface area contributed by atoms with Gasteiger partial charge in [-0.05, 0) is 30.7 Å². The number of benzene rings is 1. The molecule has 0 saturated carbocycles. The second kappa shape index (κ2) is 5.87. The molecular weight excluding hydrogens is 188 g/mol. The standard InChI is InChI=1S/C13H14O2/c1-3-5-10-15-13(14)12-8-6-11(4-2)7-9-12/h2,6-9H,3,5,10H2,1H3. The van der Waals surface area contributed by atoms with E-state index < -0.39 is 0 Å². The highest BCUT2D eigenvalue weighted by Gasteiger charge is 2.05. The Morgan fingerprint density at radius 1 is 1.40 bits per heavy atom. The lowest BCUT2D eigenvalue weighted by Crippen LogP contribution is -2.06. The van der Waals surface area contributed by atoms with E-state index in [1.807, 2.05) is 0 Å². The monoisotopic (exact) mass is 202 g/mol. The quantitative estimate of drug-likeness (QED) is 0.426. The van der Waals surface area contributed by atoms with Gasteiger partial charge < -0.3 is 4.74 Å². The molecule has 0 heterocycles. The molecule has 78 valence electrons. The SMILES string of the molecule is C#Cc1ccc(C(=O)OCCCC)cc1. The number of carbonyl (C=O) groups excluding carboxylic acids is 1. The zero-order valence-electron chi connectivity index (χ0n) is 8.82. The van der Waals surface area contributed by atoms with Gasteiger partial charge in [0.05, 0.1) is 12.2 Å². The van der Waals surface area contributed by atoms with Crippen molar-refractivity contribution in [2.45, 2.75) is 19.8 Å². The van der Waals surface area contributed by atoms with E-state index in [0.29, 0.717) is 12.2 Å². The average Bonchev–Trinajstić information content (AvgIpc) is 2.29. The minimum Gasteiger partial charge on any atom is -0.462 e. The number of terminal acetylenes is 1. The van der Waals surface area contributed by atoms with Crippen LogP contribution in [-0.4, -0.2) is 12.6 Å². The van der Waals surface area contributed by atoms with Crippen LogP contribution in [0, 0.1) is 12.3 Å². The van der Waals surface area contributed by atoms with Crippen LogP contribution >= 0.6 is 0 Å². The van der Waals surface area contributed by atoms with Crippen LogP contribution < -0.4 is 0 Å². The molecule has 0 radical (unpaired) electrons. The van der Waals surface area contributed by atoms with Gasteiger partial charge in [0.2, 0.25) is 0 Å². The van der Waals surface area contributed by atoms with E-state index in [-0.39, 0.29) is 5.97 Å². The maximum absolute atomic E-state index is 11.4. The predicted octanol–water partition coefficient (Wildman–Crippen LogP) is 2.62. The molecule has 2 nitrogen and oxygen atoms in total. The topological polar surface area (TPSA) is 26.3 Å². The summed E-state index contributed by atoms with van der Waals surface area (Å²) in [4.78, 5) is 11.4. The molecule has 0 bridgehead atoms. The van der Waals surface area contributed by atoms with E-state index in [0.717, 1.165) is 18.4 Å². The van der Waals surface area contributed by atoms with Crippen LogP contribution in [0.4, 0.5) is 0 Å². The van der Waals surface area contributed by atoms with Gasteiger partial charge in [-0.15, -0.1) is 6.42 Å². The Labute approximate surface area is 90.3 Å². The van der Waals surface area contributed by atoms with E-state index in [2.05, 4.69) is 12.8 Å². The number of ether oxygens (including phenoxy) is 1. The first-order valence-corrected chi connectivity index (χ1v) is 5.01. The molecule has 0 fully saturated rings. The van der Waals surface area contributed by atoms with E-state index in [4.69, 9.17) is 11.2 Å². The summed E-state index contributed by atoms with van der Waals surface area (Å²) in [5, 5.41) is 0. The van der Waals surface area contributed by atoms with Crippen molar-refractivity contribution in [3.05, 3.63) is 35.4 Å². The molecule has 0 saturated heterocycles. The summed E-state index contributed by atoms with van der Waals surface area (Å²) in [5.74, 6) is 2.21. The zero-order chi connectivity index (χ0) is 11.1. The molecule has 2 heteroatoms. The van der Waals surface area contributed by atoms with Crippen LogP contribution in [0.5, 0.6) is 0 Å². The molecule has 1 aromatic rings. The third kappa shape index (κ3) is 3.47. The largest absolute Gasteiger partial charge is 0.462 e. The number of rotatable bonds is 4. The van der Waals surface area contributed by atoms with Gasteiger partial charge in [-0.1, -0.05) is 19.3 Å². The van der Waals surface area contributed by atoms with Gasteiger partial charge in [0.1, 0.15) is 0 Å². The number of unbranched alkanes of at least 4 members (excludes halogenated alkanes) is 1. The summed E-state index contributed by atoms with van der Waals surface area (Å²) in [7, 11) is 0. The second-order valence-electron chi connectivity index (χ2n) is 3.21. The van der Waals surface area contributed by atoms with Crippen molar-refractivity contribution in [3.63, 3.8) is 0 Å². The van der Waals surface area contributed by atoms with Gasteiger partial charge in [0.25, 0.3) is 0 Å². The van der Waals surface area contributed by atoms with Crippen molar-refractivity contribution in [2.75, 3.05) is 6.61 Å². The Bertz CT molecular complexity index is 357. The van der Waals surface area contributed by atoms with Crippen LogP contribution in [0.25, 0.3) is 0 Å². The molecule has 0 aliphatic heterocycles. The Morgan fingerprint density at radius 2 is 2.07 bits per heavy atom.